The molecule has 4 N–H and O–H groups in total. The zero-order valence-corrected chi connectivity index (χ0v) is 15.1. The van der Waals surface area contributed by atoms with Gasteiger partial charge in [0.1, 0.15) is 10.6 Å². The molecule has 0 aliphatic carbocycles. The summed E-state index contributed by atoms with van der Waals surface area (Å²) in [5.41, 5.74) is 12.6. The van der Waals surface area contributed by atoms with Gasteiger partial charge in [-0.3, -0.25) is 10.1 Å². The van der Waals surface area contributed by atoms with Gasteiger partial charge in [-0.25, -0.2) is 4.79 Å². The van der Waals surface area contributed by atoms with Gasteiger partial charge in [-0.1, -0.05) is 36.5 Å². The second kappa shape index (κ2) is 6.46. The molecule has 3 aromatic rings. The van der Waals surface area contributed by atoms with Gasteiger partial charge in [-0.2, -0.15) is 0 Å². The summed E-state index contributed by atoms with van der Waals surface area (Å²) in [6.07, 6.45) is 0. The SMILES string of the molecule is NC(=S)C1=C(N)Oc2c(c(=O)oc3ccccc23)C1c1ccc([N+](=O)[O-])cc1. The van der Waals surface area contributed by atoms with Crippen molar-refractivity contribution >= 4 is 33.9 Å². The van der Waals surface area contributed by atoms with Crippen LogP contribution in [0.25, 0.3) is 11.0 Å². The number of nitrogens with zero attached hydrogens (tertiary/aromatic N) is 1. The molecule has 4 rings (SSSR count). The van der Waals surface area contributed by atoms with E-state index < -0.39 is 16.5 Å². The van der Waals surface area contributed by atoms with Crippen molar-refractivity contribution in [3.63, 3.8) is 0 Å². The summed E-state index contributed by atoms with van der Waals surface area (Å²) in [6.45, 7) is 0. The summed E-state index contributed by atoms with van der Waals surface area (Å²) in [5, 5.41) is 11.5. The number of nitrogens with two attached hydrogens (primary N) is 2. The minimum absolute atomic E-state index is 0.0286. The van der Waals surface area contributed by atoms with Crippen LogP contribution in [0, 0.1) is 10.1 Å². The van der Waals surface area contributed by atoms with Crippen LogP contribution >= 0.6 is 12.2 Å². The number of rotatable bonds is 3. The third kappa shape index (κ3) is 2.69. The number of nitro groups is 1. The fourth-order valence-corrected chi connectivity index (χ4v) is 3.55. The van der Waals surface area contributed by atoms with E-state index in [2.05, 4.69) is 0 Å². The summed E-state index contributed by atoms with van der Waals surface area (Å²) in [5.74, 6) is -0.547. The summed E-state index contributed by atoms with van der Waals surface area (Å²) in [7, 11) is 0. The quantitative estimate of drug-likeness (QED) is 0.299. The van der Waals surface area contributed by atoms with Crippen LogP contribution < -0.4 is 21.8 Å². The Hall–Kier alpha value is -3.72. The summed E-state index contributed by atoms with van der Waals surface area (Å²) >= 11 is 5.12. The van der Waals surface area contributed by atoms with Crippen LogP contribution in [0.1, 0.15) is 17.0 Å². The van der Waals surface area contributed by atoms with E-state index in [4.69, 9.17) is 32.8 Å². The van der Waals surface area contributed by atoms with E-state index in [1.165, 1.54) is 24.3 Å². The van der Waals surface area contributed by atoms with E-state index >= 15 is 0 Å². The first-order valence-electron chi connectivity index (χ1n) is 8.16. The average Bonchev–Trinajstić information content (AvgIpc) is 2.67. The molecule has 0 saturated heterocycles. The van der Waals surface area contributed by atoms with Crippen molar-refractivity contribution in [1.82, 2.24) is 0 Å². The summed E-state index contributed by atoms with van der Waals surface area (Å²) in [4.78, 5) is 23.2. The monoisotopic (exact) mass is 395 g/mol. The highest BCUT2D eigenvalue weighted by Gasteiger charge is 2.36. The van der Waals surface area contributed by atoms with Gasteiger partial charge in [0.05, 0.1) is 27.4 Å². The fraction of sp³-hybridized carbons (Fsp3) is 0.0526. The van der Waals surface area contributed by atoms with Gasteiger partial charge in [-0.05, 0) is 17.7 Å². The molecule has 0 radical (unpaired) electrons. The Labute approximate surface area is 163 Å². The van der Waals surface area contributed by atoms with Gasteiger partial charge in [-0.15, -0.1) is 0 Å². The Morgan fingerprint density at radius 3 is 2.46 bits per heavy atom. The largest absolute Gasteiger partial charge is 0.440 e. The molecule has 0 spiro atoms. The highest BCUT2D eigenvalue weighted by Crippen LogP contribution is 2.43. The first kappa shape index (κ1) is 17.7. The predicted octanol–water partition coefficient (Wildman–Crippen LogP) is 2.68. The number of ether oxygens (including phenoxy) is 1. The lowest BCUT2D eigenvalue weighted by atomic mass is 9.83. The third-order valence-corrected chi connectivity index (χ3v) is 4.78. The second-order valence-electron chi connectivity index (χ2n) is 6.15. The molecule has 2 heterocycles. The van der Waals surface area contributed by atoms with Crippen LogP contribution in [0.2, 0.25) is 0 Å². The van der Waals surface area contributed by atoms with Gasteiger partial charge in [0.2, 0.25) is 0 Å². The maximum absolute atomic E-state index is 12.8. The molecule has 1 atom stereocenters. The van der Waals surface area contributed by atoms with Gasteiger partial charge in [0.25, 0.3) is 5.69 Å². The van der Waals surface area contributed by atoms with Crippen LogP contribution in [0.3, 0.4) is 0 Å². The van der Waals surface area contributed by atoms with Crippen molar-refractivity contribution in [2.45, 2.75) is 5.92 Å². The van der Waals surface area contributed by atoms with Crippen molar-refractivity contribution in [1.29, 1.82) is 0 Å². The van der Waals surface area contributed by atoms with Crippen molar-refractivity contribution in [3.8, 4) is 5.75 Å². The van der Waals surface area contributed by atoms with Crippen LogP contribution in [0.5, 0.6) is 5.75 Å². The number of nitro benzene ring substituents is 1. The number of fused-ring (bicyclic) bond motifs is 3. The van der Waals surface area contributed by atoms with E-state index in [-0.39, 0.29) is 33.4 Å². The normalized spacial score (nSPS) is 15.8. The molecular weight excluding hydrogens is 382 g/mol. The smallest absolute Gasteiger partial charge is 0.344 e. The van der Waals surface area contributed by atoms with Crippen molar-refractivity contribution in [3.05, 3.63) is 91.6 Å². The highest BCUT2D eigenvalue weighted by molar-refractivity contribution is 7.80. The Bertz CT molecular complexity index is 1230. The zero-order valence-electron chi connectivity index (χ0n) is 14.2. The maximum Gasteiger partial charge on any atom is 0.344 e. The predicted molar refractivity (Wildman–Crippen MR) is 106 cm³/mol. The number of para-hydroxylation sites is 1. The minimum atomic E-state index is -0.775. The molecule has 2 aromatic carbocycles. The summed E-state index contributed by atoms with van der Waals surface area (Å²) < 4.78 is 11.2. The molecule has 0 fully saturated rings. The molecule has 1 aliphatic rings. The molecule has 1 aliphatic heterocycles. The molecular formula is C19H13N3O5S. The Balaban J connectivity index is 2.03. The van der Waals surface area contributed by atoms with Crippen molar-refractivity contribution in [2.24, 2.45) is 11.5 Å². The molecule has 0 amide bonds. The third-order valence-electron chi connectivity index (χ3n) is 4.56. The summed E-state index contributed by atoms with van der Waals surface area (Å²) in [6, 6.07) is 12.6. The van der Waals surface area contributed by atoms with Crippen LogP contribution in [0.15, 0.2) is 69.2 Å². The molecule has 0 bridgehead atoms. The van der Waals surface area contributed by atoms with E-state index in [1.54, 1.807) is 24.3 Å². The van der Waals surface area contributed by atoms with E-state index in [0.29, 0.717) is 16.5 Å². The lowest BCUT2D eigenvalue weighted by molar-refractivity contribution is -0.384. The number of hydrogen-bond donors (Lipinski definition) is 2. The van der Waals surface area contributed by atoms with E-state index in [1.807, 2.05) is 0 Å². The van der Waals surface area contributed by atoms with Crippen molar-refractivity contribution < 1.29 is 14.1 Å². The minimum Gasteiger partial charge on any atom is -0.440 e. The van der Waals surface area contributed by atoms with Crippen LogP contribution in [-0.4, -0.2) is 9.91 Å². The Morgan fingerprint density at radius 2 is 1.82 bits per heavy atom. The molecule has 28 heavy (non-hydrogen) atoms. The van der Waals surface area contributed by atoms with Gasteiger partial charge in [0, 0.05) is 12.1 Å². The highest BCUT2D eigenvalue weighted by atomic mass is 32.1. The van der Waals surface area contributed by atoms with Gasteiger partial charge in [0.15, 0.2) is 11.6 Å². The van der Waals surface area contributed by atoms with Crippen LogP contribution in [-0.2, 0) is 0 Å². The van der Waals surface area contributed by atoms with Crippen LogP contribution in [0.4, 0.5) is 5.69 Å². The standard InChI is InChI=1S/C19H13N3O5S/c20-17-15(18(21)28)13(9-5-7-10(8-6-9)22(24)25)14-16(27-17)11-3-1-2-4-12(11)26-19(14)23/h1-8,13H,20H2,(H2,21,28). The number of hydrogen-bond acceptors (Lipinski definition) is 7. The van der Waals surface area contributed by atoms with E-state index in [9.17, 15) is 14.9 Å². The average molecular weight is 395 g/mol. The molecule has 1 unspecified atom stereocenters. The number of non-ortho nitro benzene ring substituents is 1. The van der Waals surface area contributed by atoms with E-state index in [0.717, 1.165) is 0 Å². The van der Waals surface area contributed by atoms with Crippen molar-refractivity contribution in [2.75, 3.05) is 0 Å². The first-order valence-corrected chi connectivity index (χ1v) is 8.56. The molecule has 1 aromatic heterocycles. The number of thiocarbonyl (C=S) groups is 1. The second-order valence-corrected chi connectivity index (χ2v) is 6.59. The molecule has 140 valence electrons. The fourth-order valence-electron chi connectivity index (χ4n) is 3.33. The number of benzene rings is 2. The molecule has 8 nitrogen and oxygen atoms in total. The maximum atomic E-state index is 12.8. The molecule has 0 saturated carbocycles. The lowest BCUT2D eigenvalue weighted by Crippen LogP contribution is -2.32. The first-order chi connectivity index (χ1) is 13.4. The lowest BCUT2D eigenvalue weighted by Gasteiger charge is -2.28. The topological polar surface area (TPSA) is 135 Å². The van der Waals surface area contributed by atoms with Gasteiger partial charge >= 0.3 is 5.63 Å². The molecule has 9 heteroatoms. The Kier molecular flexibility index (Phi) is 4.08. The van der Waals surface area contributed by atoms with Gasteiger partial charge < -0.3 is 20.6 Å². The Morgan fingerprint density at radius 1 is 1.14 bits per heavy atom. The zero-order chi connectivity index (χ0) is 20.0.